The number of methoxy groups -OCH3 is 1. The number of thiazole rings is 1. The van der Waals surface area contributed by atoms with Crippen LogP contribution in [0, 0.1) is 31.3 Å². The van der Waals surface area contributed by atoms with Gasteiger partial charge in [0.2, 0.25) is 11.7 Å². The SMILES string of the molecule is COc1cn(Cc2cc(F)c(F)c(F)c2)c(Nc2cc3nc(C)sc3cc2C)nc1=O. The number of benzene rings is 2. The molecular weight excluding hydrogens is 429 g/mol. The first kappa shape index (κ1) is 20.9. The molecule has 2 aromatic carbocycles. The third-order valence-corrected chi connectivity index (χ3v) is 5.60. The van der Waals surface area contributed by atoms with Crippen LogP contribution in [-0.4, -0.2) is 21.6 Å². The van der Waals surface area contributed by atoms with Crippen molar-refractivity contribution in [3.8, 4) is 5.75 Å². The van der Waals surface area contributed by atoms with E-state index in [9.17, 15) is 18.0 Å². The topological polar surface area (TPSA) is 69.0 Å². The van der Waals surface area contributed by atoms with Crippen LogP contribution >= 0.6 is 11.3 Å². The molecule has 0 fully saturated rings. The van der Waals surface area contributed by atoms with E-state index in [4.69, 9.17) is 4.74 Å². The Morgan fingerprint density at radius 2 is 1.81 bits per heavy atom. The highest BCUT2D eigenvalue weighted by Gasteiger charge is 2.15. The summed E-state index contributed by atoms with van der Waals surface area (Å²) in [5.74, 6) is -4.06. The summed E-state index contributed by atoms with van der Waals surface area (Å²) in [5, 5.41) is 4.02. The molecule has 4 rings (SSSR count). The van der Waals surface area contributed by atoms with Gasteiger partial charge in [-0.25, -0.2) is 18.2 Å². The van der Waals surface area contributed by atoms with E-state index >= 15 is 0 Å². The van der Waals surface area contributed by atoms with Gasteiger partial charge in [-0.15, -0.1) is 11.3 Å². The van der Waals surface area contributed by atoms with Crippen molar-refractivity contribution in [3.05, 3.63) is 74.4 Å². The van der Waals surface area contributed by atoms with Crippen molar-refractivity contribution >= 4 is 33.2 Å². The van der Waals surface area contributed by atoms with Crippen LogP contribution in [0.25, 0.3) is 10.2 Å². The summed E-state index contributed by atoms with van der Waals surface area (Å²) in [6, 6.07) is 5.59. The number of ether oxygens (including phenoxy) is 1. The molecule has 0 aliphatic rings. The van der Waals surface area contributed by atoms with Crippen molar-refractivity contribution in [2.45, 2.75) is 20.4 Å². The molecule has 160 valence electrons. The van der Waals surface area contributed by atoms with E-state index in [1.165, 1.54) is 17.9 Å². The van der Waals surface area contributed by atoms with Gasteiger partial charge in [0.1, 0.15) is 0 Å². The van der Waals surface area contributed by atoms with E-state index in [1.54, 1.807) is 11.3 Å². The number of halogens is 3. The zero-order valence-corrected chi connectivity index (χ0v) is 17.6. The summed E-state index contributed by atoms with van der Waals surface area (Å²) in [7, 11) is 1.32. The van der Waals surface area contributed by atoms with Gasteiger partial charge < -0.3 is 14.6 Å². The molecule has 0 spiro atoms. The van der Waals surface area contributed by atoms with Crippen LogP contribution in [0.1, 0.15) is 16.1 Å². The second kappa shape index (κ2) is 8.03. The maximum absolute atomic E-state index is 13.7. The monoisotopic (exact) mass is 446 g/mol. The highest BCUT2D eigenvalue weighted by Crippen LogP contribution is 2.29. The van der Waals surface area contributed by atoms with Crippen molar-refractivity contribution in [1.82, 2.24) is 14.5 Å². The molecule has 6 nitrogen and oxygen atoms in total. The Bertz CT molecular complexity index is 1340. The van der Waals surface area contributed by atoms with Gasteiger partial charge in [-0.2, -0.15) is 4.98 Å². The molecule has 1 N–H and O–H groups in total. The number of nitrogens with zero attached hydrogens (tertiary/aromatic N) is 3. The van der Waals surface area contributed by atoms with Gasteiger partial charge in [0.25, 0.3) is 0 Å². The largest absolute Gasteiger partial charge is 0.490 e. The fraction of sp³-hybridized carbons (Fsp3) is 0.190. The second-order valence-electron chi connectivity index (χ2n) is 6.93. The maximum Gasteiger partial charge on any atom is 0.316 e. The molecular formula is C21H17F3N4O2S. The zero-order valence-electron chi connectivity index (χ0n) is 16.8. The minimum absolute atomic E-state index is 0.0455. The first-order chi connectivity index (χ1) is 14.7. The third kappa shape index (κ3) is 4.11. The minimum Gasteiger partial charge on any atom is -0.490 e. The highest BCUT2D eigenvalue weighted by atomic mass is 32.1. The number of anilines is 2. The normalized spacial score (nSPS) is 11.2. The van der Waals surface area contributed by atoms with Crippen LogP contribution < -0.4 is 15.6 Å². The van der Waals surface area contributed by atoms with Crippen molar-refractivity contribution in [3.63, 3.8) is 0 Å². The van der Waals surface area contributed by atoms with Gasteiger partial charge >= 0.3 is 5.56 Å². The van der Waals surface area contributed by atoms with E-state index in [2.05, 4.69) is 15.3 Å². The molecule has 0 saturated heterocycles. The molecule has 2 aromatic heterocycles. The van der Waals surface area contributed by atoms with Crippen LogP contribution in [0.2, 0.25) is 0 Å². The smallest absolute Gasteiger partial charge is 0.316 e. The number of nitrogens with one attached hydrogen (secondary N) is 1. The molecule has 2 heterocycles. The number of aryl methyl sites for hydroxylation is 2. The Morgan fingerprint density at radius 1 is 1.10 bits per heavy atom. The van der Waals surface area contributed by atoms with Crippen LogP contribution in [0.15, 0.2) is 35.3 Å². The minimum atomic E-state index is -1.54. The summed E-state index contributed by atoms with van der Waals surface area (Å²) in [4.78, 5) is 20.7. The Kier molecular flexibility index (Phi) is 5.40. The molecule has 31 heavy (non-hydrogen) atoms. The lowest BCUT2D eigenvalue weighted by atomic mass is 10.2. The van der Waals surface area contributed by atoms with Crippen molar-refractivity contribution in [2.24, 2.45) is 0 Å². The highest BCUT2D eigenvalue weighted by molar-refractivity contribution is 7.18. The molecule has 0 bridgehead atoms. The van der Waals surface area contributed by atoms with Gasteiger partial charge in [-0.05, 0) is 49.2 Å². The lowest BCUT2D eigenvalue weighted by Crippen LogP contribution is -2.19. The number of hydrogen-bond acceptors (Lipinski definition) is 6. The maximum atomic E-state index is 13.7. The predicted octanol–water partition coefficient (Wildman–Crippen LogP) is 4.69. The first-order valence-corrected chi connectivity index (χ1v) is 10.0. The van der Waals surface area contributed by atoms with Crippen LogP contribution in [0.5, 0.6) is 5.75 Å². The lowest BCUT2D eigenvalue weighted by molar-refractivity contribution is 0.402. The Labute approximate surface area is 179 Å². The fourth-order valence-electron chi connectivity index (χ4n) is 3.18. The van der Waals surface area contributed by atoms with Gasteiger partial charge in [0, 0.05) is 5.69 Å². The third-order valence-electron chi connectivity index (χ3n) is 4.67. The van der Waals surface area contributed by atoms with Crippen LogP contribution in [0.3, 0.4) is 0 Å². The molecule has 4 aromatic rings. The van der Waals surface area contributed by atoms with Gasteiger partial charge in [0.15, 0.2) is 17.5 Å². The number of rotatable bonds is 5. The summed E-state index contributed by atoms with van der Waals surface area (Å²) in [6.07, 6.45) is 1.37. The Morgan fingerprint density at radius 3 is 2.48 bits per heavy atom. The van der Waals surface area contributed by atoms with E-state index < -0.39 is 23.0 Å². The molecule has 10 heteroatoms. The quantitative estimate of drug-likeness (QED) is 0.451. The summed E-state index contributed by atoms with van der Waals surface area (Å²) < 4.78 is 48.2. The Balaban J connectivity index is 1.78. The summed E-state index contributed by atoms with van der Waals surface area (Å²) >= 11 is 1.57. The van der Waals surface area contributed by atoms with E-state index in [-0.39, 0.29) is 23.8 Å². The first-order valence-electron chi connectivity index (χ1n) is 9.19. The Hall–Kier alpha value is -3.40. The fourth-order valence-corrected chi connectivity index (χ4v) is 4.08. The lowest BCUT2D eigenvalue weighted by Gasteiger charge is -2.16. The average Bonchev–Trinajstić information content (AvgIpc) is 3.06. The molecule has 0 aliphatic carbocycles. The molecule has 0 aliphatic heterocycles. The van der Waals surface area contributed by atoms with Gasteiger partial charge in [0.05, 0.1) is 35.1 Å². The van der Waals surface area contributed by atoms with Crippen molar-refractivity contribution < 1.29 is 17.9 Å². The average molecular weight is 446 g/mol. The zero-order chi connectivity index (χ0) is 22.3. The van der Waals surface area contributed by atoms with Crippen LogP contribution in [-0.2, 0) is 6.54 Å². The van der Waals surface area contributed by atoms with E-state index in [0.717, 1.165) is 32.9 Å². The standard InChI is InChI=1S/C21H17F3N4O2S/c1-10-4-18-16(25-11(2)31-18)7-15(10)26-21-27-20(29)17(30-3)9-28(21)8-12-5-13(22)19(24)14(23)6-12/h4-7,9H,8H2,1-3H3,(H,26,27,29). The molecule has 0 radical (unpaired) electrons. The molecule has 0 saturated carbocycles. The summed E-state index contributed by atoms with van der Waals surface area (Å²) in [6.45, 7) is 3.72. The number of aromatic nitrogens is 3. The van der Waals surface area contributed by atoms with E-state index in [1.807, 2.05) is 26.0 Å². The predicted molar refractivity (Wildman–Crippen MR) is 113 cm³/mol. The van der Waals surface area contributed by atoms with Gasteiger partial charge in [-0.3, -0.25) is 4.79 Å². The molecule has 0 unspecified atom stereocenters. The van der Waals surface area contributed by atoms with Crippen molar-refractivity contribution in [1.29, 1.82) is 0 Å². The van der Waals surface area contributed by atoms with Crippen LogP contribution in [0.4, 0.5) is 24.8 Å². The number of hydrogen-bond donors (Lipinski definition) is 1. The van der Waals surface area contributed by atoms with Gasteiger partial charge in [-0.1, -0.05) is 0 Å². The summed E-state index contributed by atoms with van der Waals surface area (Å²) in [5.41, 5.74) is 1.89. The van der Waals surface area contributed by atoms with Crippen molar-refractivity contribution in [2.75, 3.05) is 12.4 Å². The van der Waals surface area contributed by atoms with E-state index in [0.29, 0.717) is 5.69 Å². The molecule has 0 atom stereocenters. The second-order valence-corrected chi connectivity index (χ2v) is 8.17. The number of fused-ring (bicyclic) bond motifs is 1. The molecule has 0 amide bonds.